The molecule has 0 radical (unpaired) electrons. The van der Waals surface area contributed by atoms with E-state index in [1.165, 1.54) is 29.2 Å². The number of likely N-dealkylation sites (N-methyl/N-ethyl adjacent to an activating group) is 1. The fourth-order valence-corrected chi connectivity index (χ4v) is 3.27. The van der Waals surface area contributed by atoms with Crippen molar-refractivity contribution in [1.29, 1.82) is 0 Å². The number of para-hydroxylation sites is 1. The molecule has 0 spiro atoms. The van der Waals surface area contributed by atoms with Crippen molar-refractivity contribution < 1.29 is 27.5 Å². The number of halogens is 4. The normalized spacial score (nSPS) is 13.2. The number of alkyl halides is 3. The summed E-state index contributed by atoms with van der Waals surface area (Å²) in [5, 5.41) is 2.79. The van der Waals surface area contributed by atoms with Crippen LogP contribution in [0.25, 0.3) is 6.08 Å². The summed E-state index contributed by atoms with van der Waals surface area (Å²) in [6.07, 6.45) is 0.105. The second-order valence-electron chi connectivity index (χ2n) is 6.97. The highest BCUT2D eigenvalue weighted by Gasteiger charge is 2.33. The molecule has 0 saturated carbocycles. The van der Waals surface area contributed by atoms with Gasteiger partial charge in [0.1, 0.15) is 18.9 Å². The van der Waals surface area contributed by atoms with Gasteiger partial charge in [0, 0.05) is 23.2 Å². The van der Waals surface area contributed by atoms with E-state index in [1.807, 2.05) is 6.08 Å². The van der Waals surface area contributed by atoms with Gasteiger partial charge in [0.25, 0.3) is 0 Å². The Labute approximate surface area is 188 Å². The van der Waals surface area contributed by atoms with Crippen LogP contribution in [0.1, 0.15) is 18.1 Å². The molecule has 0 saturated heterocycles. The molecule has 168 valence electrons. The van der Waals surface area contributed by atoms with Crippen molar-refractivity contribution in [2.24, 2.45) is 0 Å². The van der Waals surface area contributed by atoms with E-state index in [2.05, 4.69) is 5.32 Å². The zero-order valence-electron chi connectivity index (χ0n) is 17.1. The first-order chi connectivity index (χ1) is 15.2. The zero-order valence-corrected chi connectivity index (χ0v) is 17.8. The molecule has 2 amide bonds. The van der Waals surface area contributed by atoms with Crippen molar-refractivity contribution in [2.45, 2.75) is 13.1 Å². The molecule has 0 unspecified atom stereocenters. The van der Waals surface area contributed by atoms with Gasteiger partial charge in [-0.2, -0.15) is 13.2 Å². The zero-order chi connectivity index (χ0) is 23.3. The molecule has 2 aromatic carbocycles. The molecule has 1 aliphatic heterocycles. The molecule has 32 heavy (non-hydrogen) atoms. The summed E-state index contributed by atoms with van der Waals surface area (Å²) < 4.78 is 44.9. The van der Waals surface area contributed by atoms with Gasteiger partial charge < -0.3 is 15.0 Å². The summed E-state index contributed by atoms with van der Waals surface area (Å²) in [6.45, 7) is 1.74. The van der Waals surface area contributed by atoms with Crippen molar-refractivity contribution >= 4 is 35.2 Å². The number of carbonyl (C=O) groups excluding carboxylic acids is 2. The molecular formula is C23H20ClF3N2O3. The second kappa shape index (κ2) is 9.91. The molecule has 0 aromatic heterocycles. The highest BCUT2D eigenvalue weighted by Crippen LogP contribution is 2.34. The van der Waals surface area contributed by atoms with Gasteiger partial charge in [0.2, 0.25) is 11.8 Å². The van der Waals surface area contributed by atoms with E-state index in [0.29, 0.717) is 10.8 Å². The van der Waals surface area contributed by atoms with Crippen LogP contribution in [-0.2, 0) is 15.8 Å². The van der Waals surface area contributed by atoms with Gasteiger partial charge in [-0.25, -0.2) is 0 Å². The van der Waals surface area contributed by atoms with Crippen LogP contribution in [0.3, 0.4) is 0 Å². The van der Waals surface area contributed by atoms with E-state index >= 15 is 0 Å². The number of hydrogen-bond acceptors (Lipinski definition) is 3. The molecule has 9 heteroatoms. The van der Waals surface area contributed by atoms with E-state index in [-0.39, 0.29) is 25.4 Å². The molecule has 3 rings (SSSR count). The molecule has 0 aliphatic carbocycles. The molecule has 1 N–H and O–H groups in total. The minimum Gasteiger partial charge on any atom is -0.488 e. The summed E-state index contributed by atoms with van der Waals surface area (Å²) in [6, 6.07) is 9.89. The average Bonchev–Trinajstić information content (AvgIpc) is 2.75. The third-order valence-electron chi connectivity index (χ3n) is 4.68. The number of anilines is 1. The Morgan fingerprint density at radius 3 is 2.69 bits per heavy atom. The average molecular weight is 465 g/mol. The number of hydrogen-bond donors (Lipinski definition) is 1. The molecule has 2 aromatic rings. The first-order valence-corrected chi connectivity index (χ1v) is 10.1. The van der Waals surface area contributed by atoms with Gasteiger partial charge in [0.15, 0.2) is 0 Å². The minimum atomic E-state index is -4.61. The number of nitrogens with one attached hydrogen (secondary N) is 1. The lowest BCUT2D eigenvalue weighted by molar-refractivity contribution is -0.137. The van der Waals surface area contributed by atoms with Crippen LogP contribution < -0.4 is 10.1 Å². The van der Waals surface area contributed by atoms with E-state index in [0.717, 1.165) is 17.2 Å². The monoisotopic (exact) mass is 464 g/mol. The van der Waals surface area contributed by atoms with E-state index < -0.39 is 23.6 Å². The van der Waals surface area contributed by atoms with Crippen molar-refractivity contribution in [3.05, 3.63) is 76.3 Å². The fourth-order valence-electron chi connectivity index (χ4n) is 3.09. The van der Waals surface area contributed by atoms with Crippen LogP contribution in [0.4, 0.5) is 18.9 Å². The third-order valence-corrected chi connectivity index (χ3v) is 4.92. The van der Waals surface area contributed by atoms with Crippen LogP contribution in [0, 0.1) is 0 Å². The Morgan fingerprint density at radius 1 is 1.22 bits per heavy atom. The number of rotatable bonds is 6. The summed E-state index contributed by atoms with van der Waals surface area (Å²) in [5.74, 6) is -0.498. The quantitative estimate of drug-likeness (QED) is 0.599. The van der Waals surface area contributed by atoms with Gasteiger partial charge in [-0.15, -0.1) is 0 Å². The first-order valence-electron chi connectivity index (χ1n) is 9.73. The lowest BCUT2D eigenvalue weighted by Crippen LogP contribution is -2.37. The van der Waals surface area contributed by atoms with Gasteiger partial charge in [-0.05, 0) is 48.9 Å². The lowest BCUT2D eigenvalue weighted by Gasteiger charge is -2.20. The predicted octanol–water partition coefficient (Wildman–Crippen LogP) is 5.18. The molecule has 0 bridgehead atoms. The van der Waals surface area contributed by atoms with Crippen molar-refractivity contribution in [3.63, 3.8) is 0 Å². The number of nitrogens with zero attached hydrogens (tertiary/aromatic N) is 1. The first kappa shape index (κ1) is 23.4. The summed E-state index contributed by atoms with van der Waals surface area (Å²) in [5.41, 5.74) is 0.205. The Bertz CT molecular complexity index is 1080. The minimum absolute atomic E-state index is 0.200. The Morgan fingerprint density at radius 2 is 1.97 bits per heavy atom. The van der Waals surface area contributed by atoms with Gasteiger partial charge in [0.05, 0.1) is 11.3 Å². The topological polar surface area (TPSA) is 58.6 Å². The molecular weight excluding hydrogens is 445 g/mol. The van der Waals surface area contributed by atoms with Gasteiger partial charge in [-0.3, -0.25) is 9.59 Å². The van der Waals surface area contributed by atoms with Crippen LogP contribution >= 0.6 is 11.6 Å². The Hall–Kier alpha value is -3.26. The number of fused-ring (bicyclic) bond motifs is 1. The molecule has 1 heterocycles. The lowest BCUT2D eigenvalue weighted by atomic mass is 10.1. The highest BCUT2D eigenvalue weighted by molar-refractivity contribution is 6.30. The smallest absolute Gasteiger partial charge is 0.418 e. The number of carbonyl (C=O) groups is 2. The Balaban J connectivity index is 1.65. The van der Waals surface area contributed by atoms with Crippen LogP contribution in [0.2, 0.25) is 5.02 Å². The maximum absolute atomic E-state index is 13.1. The second-order valence-corrected chi connectivity index (χ2v) is 7.40. The molecule has 0 atom stereocenters. The molecule has 0 fully saturated rings. The maximum atomic E-state index is 13.1. The maximum Gasteiger partial charge on any atom is 0.418 e. The van der Waals surface area contributed by atoms with Gasteiger partial charge >= 0.3 is 6.18 Å². The Kier molecular flexibility index (Phi) is 7.25. The number of amides is 2. The number of benzene rings is 2. The van der Waals surface area contributed by atoms with E-state index in [9.17, 15) is 22.8 Å². The largest absolute Gasteiger partial charge is 0.488 e. The molecule has 5 nitrogen and oxygen atoms in total. The summed E-state index contributed by atoms with van der Waals surface area (Å²) >= 11 is 5.99. The standard InChI is InChI=1S/C23H20ClF3N2O3/c1-2-29(13-21(30)28-19-6-4-3-5-18(19)23(25,26)27)22(31)10-7-15-11-16-12-17(24)8-9-20(16)32-14-15/h3-12H,2,13-14H2,1H3,(H,28,30)/b10-7+. The molecule has 1 aliphatic rings. The van der Waals surface area contributed by atoms with Crippen molar-refractivity contribution in [1.82, 2.24) is 4.90 Å². The summed E-state index contributed by atoms with van der Waals surface area (Å²) in [4.78, 5) is 26.0. The number of ether oxygens (including phenoxy) is 1. The van der Waals surface area contributed by atoms with E-state index in [4.69, 9.17) is 16.3 Å². The summed E-state index contributed by atoms with van der Waals surface area (Å²) in [7, 11) is 0. The SMILES string of the molecule is CCN(CC(=O)Nc1ccccc1C(F)(F)F)C(=O)/C=C/C1=Cc2cc(Cl)ccc2OC1. The third kappa shape index (κ3) is 5.91. The van der Waals surface area contributed by atoms with Crippen molar-refractivity contribution in [2.75, 3.05) is 25.0 Å². The fraction of sp³-hybridized carbons (Fsp3) is 0.217. The highest BCUT2D eigenvalue weighted by atomic mass is 35.5. The van der Waals surface area contributed by atoms with Gasteiger partial charge in [-0.1, -0.05) is 29.8 Å². The van der Waals surface area contributed by atoms with Crippen molar-refractivity contribution in [3.8, 4) is 5.75 Å². The van der Waals surface area contributed by atoms with Crippen LogP contribution in [-0.4, -0.2) is 36.4 Å². The van der Waals surface area contributed by atoms with Crippen LogP contribution in [0.15, 0.2) is 60.2 Å². The van der Waals surface area contributed by atoms with Crippen LogP contribution in [0.5, 0.6) is 5.75 Å². The predicted molar refractivity (Wildman–Crippen MR) is 116 cm³/mol. The van der Waals surface area contributed by atoms with E-state index in [1.54, 1.807) is 31.2 Å².